The van der Waals surface area contributed by atoms with Crippen molar-refractivity contribution >= 4 is 5.97 Å². The number of aliphatic carboxylic acids is 1. The maximum atomic E-state index is 12.5. The van der Waals surface area contributed by atoms with Gasteiger partial charge in [0.25, 0.3) is 0 Å². The van der Waals surface area contributed by atoms with Crippen LogP contribution in [-0.2, 0) is 10.2 Å². The number of carboxylic acids is 1. The molecular weight excluding hydrogens is 324 g/mol. The number of hydrogen-bond acceptors (Lipinski definition) is 3. The van der Waals surface area contributed by atoms with Crippen LogP contribution in [-0.4, -0.2) is 48.7 Å². The Morgan fingerprint density at radius 2 is 1.54 bits per heavy atom. The Morgan fingerprint density at radius 1 is 0.962 bits per heavy atom. The van der Waals surface area contributed by atoms with E-state index in [4.69, 9.17) is 0 Å². The highest BCUT2D eigenvalue weighted by Crippen LogP contribution is 2.51. The molecule has 0 spiro atoms. The molecule has 0 aromatic heterocycles. The number of hydrogen-bond donors (Lipinski definition) is 2. The highest BCUT2D eigenvalue weighted by Gasteiger charge is 2.48. The summed E-state index contributed by atoms with van der Waals surface area (Å²) in [6, 6.07) is 16.0. The lowest BCUT2D eigenvalue weighted by Gasteiger charge is -2.29. The van der Waals surface area contributed by atoms with Gasteiger partial charge in [-0.05, 0) is 41.6 Å². The molecule has 1 aliphatic heterocycles. The van der Waals surface area contributed by atoms with E-state index in [1.807, 2.05) is 36.4 Å². The van der Waals surface area contributed by atoms with Gasteiger partial charge in [0, 0.05) is 26.2 Å². The van der Waals surface area contributed by atoms with Crippen molar-refractivity contribution in [3.63, 3.8) is 0 Å². The van der Waals surface area contributed by atoms with Gasteiger partial charge >= 0.3 is 5.97 Å². The molecule has 0 unspecified atom stereocenters. The van der Waals surface area contributed by atoms with E-state index in [0.29, 0.717) is 6.42 Å². The fourth-order valence-corrected chi connectivity index (χ4v) is 4.59. The first-order valence-corrected chi connectivity index (χ1v) is 9.59. The van der Waals surface area contributed by atoms with Gasteiger partial charge in [-0.2, -0.15) is 0 Å². The van der Waals surface area contributed by atoms with Crippen molar-refractivity contribution < 1.29 is 9.90 Å². The molecule has 4 heteroatoms. The SMILES string of the molecule is O=C(O)C1(CCCCN2CCNCC2)c2ccccc2-c2ccccc21. The van der Waals surface area contributed by atoms with E-state index in [1.165, 1.54) is 0 Å². The number of carboxylic acid groups (broad SMARTS) is 1. The van der Waals surface area contributed by atoms with Crippen LogP contribution in [0.25, 0.3) is 11.1 Å². The first-order valence-electron chi connectivity index (χ1n) is 9.59. The third-order valence-corrected chi connectivity index (χ3v) is 5.91. The van der Waals surface area contributed by atoms with Gasteiger partial charge in [0.05, 0.1) is 0 Å². The van der Waals surface area contributed by atoms with Crippen molar-refractivity contribution in [2.75, 3.05) is 32.7 Å². The summed E-state index contributed by atoms with van der Waals surface area (Å²) in [7, 11) is 0. The fraction of sp³-hybridized carbons (Fsp3) is 0.409. The lowest BCUT2D eigenvalue weighted by atomic mass is 9.74. The second-order valence-electron chi connectivity index (χ2n) is 7.35. The monoisotopic (exact) mass is 350 g/mol. The van der Waals surface area contributed by atoms with Crippen molar-refractivity contribution in [2.24, 2.45) is 0 Å². The molecule has 0 bridgehead atoms. The number of unbranched alkanes of at least 4 members (excludes halogenated alkanes) is 1. The van der Waals surface area contributed by atoms with Gasteiger partial charge in [-0.15, -0.1) is 0 Å². The summed E-state index contributed by atoms with van der Waals surface area (Å²) < 4.78 is 0. The molecule has 0 atom stereocenters. The summed E-state index contributed by atoms with van der Waals surface area (Å²) in [6.45, 7) is 5.35. The van der Waals surface area contributed by atoms with Crippen molar-refractivity contribution in [1.29, 1.82) is 0 Å². The standard InChI is InChI=1S/C22H26N2O2/c25-21(26)22(11-5-6-14-24-15-12-23-13-16-24)19-9-3-1-7-17(19)18-8-2-4-10-20(18)22/h1-4,7-10,23H,5-6,11-16H2,(H,25,26). The number of nitrogens with zero attached hydrogens (tertiary/aromatic N) is 1. The van der Waals surface area contributed by atoms with E-state index in [2.05, 4.69) is 22.3 Å². The minimum absolute atomic E-state index is 0.655. The molecule has 0 saturated carbocycles. The molecule has 0 amide bonds. The minimum Gasteiger partial charge on any atom is -0.480 e. The number of nitrogens with one attached hydrogen (secondary N) is 1. The van der Waals surface area contributed by atoms with Crippen LogP contribution in [0.3, 0.4) is 0 Å². The Balaban J connectivity index is 1.57. The summed E-state index contributed by atoms with van der Waals surface area (Å²) in [5, 5.41) is 13.7. The average Bonchev–Trinajstić information content (AvgIpc) is 2.98. The van der Waals surface area contributed by atoms with Crippen molar-refractivity contribution in [3.05, 3.63) is 59.7 Å². The average molecular weight is 350 g/mol. The predicted molar refractivity (Wildman–Crippen MR) is 103 cm³/mol. The van der Waals surface area contributed by atoms with Gasteiger partial charge in [0.2, 0.25) is 0 Å². The summed E-state index contributed by atoms with van der Waals surface area (Å²) >= 11 is 0. The second-order valence-corrected chi connectivity index (χ2v) is 7.35. The quantitative estimate of drug-likeness (QED) is 0.786. The molecule has 4 nitrogen and oxygen atoms in total. The highest BCUT2D eigenvalue weighted by atomic mass is 16.4. The fourth-order valence-electron chi connectivity index (χ4n) is 4.59. The largest absolute Gasteiger partial charge is 0.480 e. The van der Waals surface area contributed by atoms with E-state index < -0.39 is 11.4 Å². The lowest BCUT2D eigenvalue weighted by Crippen LogP contribution is -2.43. The number of rotatable bonds is 6. The summed E-state index contributed by atoms with van der Waals surface area (Å²) in [5.74, 6) is -0.725. The molecule has 26 heavy (non-hydrogen) atoms. The van der Waals surface area contributed by atoms with Crippen LogP contribution in [0.4, 0.5) is 0 Å². The van der Waals surface area contributed by atoms with E-state index in [0.717, 1.165) is 67.8 Å². The molecule has 2 aliphatic rings. The van der Waals surface area contributed by atoms with Gasteiger partial charge in [-0.1, -0.05) is 55.0 Å². The third kappa shape index (κ3) is 2.83. The van der Waals surface area contributed by atoms with E-state index in [9.17, 15) is 9.90 Å². The molecule has 1 aliphatic carbocycles. The lowest BCUT2D eigenvalue weighted by molar-refractivity contribution is -0.142. The van der Waals surface area contributed by atoms with Crippen molar-refractivity contribution in [2.45, 2.75) is 24.7 Å². The Labute approximate surface area is 154 Å². The molecule has 0 radical (unpaired) electrons. The molecule has 4 rings (SSSR count). The molecule has 1 saturated heterocycles. The zero-order valence-corrected chi connectivity index (χ0v) is 15.1. The number of benzene rings is 2. The summed E-state index contributed by atoms with van der Waals surface area (Å²) in [4.78, 5) is 15.0. The zero-order chi connectivity index (χ0) is 18.0. The number of piperazine rings is 1. The van der Waals surface area contributed by atoms with Gasteiger partial charge in [0.15, 0.2) is 0 Å². The predicted octanol–water partition coefficient (Wildman–Crippen LogP) is 3.11. The van der Waals surface area contributed by atoms with Gasteiger partial charge in [-0.25, -0.2) is 0 Å². The van der Waals surface area contributed by atoms with Crippen LogP contribution in [0, 0.1) is 0 Å². The first-order chi connectivity index (χ1) is 12.7. The number of fused-ring (bicyclic) bond motifs is 3. The Kier molecular flexibility index (Phi) is 4.79. The Bertz CT molecular complexity index is 751. The highest BCUT2D eigenvalue weighted by molar-refractivity contribution is 5.97. The van der Waals surface area contributed by atoms with Crippen LogP contribution < -0.4 is 5.32 Å². The summed E-state index contributed by atoms with van der Waals surface area (Å²) in [6.07, 6.45) is 2.61. The van der Waals surface area contributed by atoms with Crippen LogP contribution in [0.15, 0.2) is 48.5 Å². The Hall–Kier alpha value is -2.17. The topological polar surface area (TPSA) is 52.6 Å². The summed E-state index contributed by atoms with van der Waals surface area (Å²) in [5.41, 5.74) is 3.16. The first kappa shape index (κ1) is 17.3. The zero-order valence-electron chi connectivity index (χ0n) is 15.1. The maximum Gasteiger partial charge on any atom is 0.318 e. The van der Waals surface area contributed by atoms with Crippen LogP contribution in [0.2, 0.25) is 0 Å². The Morgan fingerprint density at radius 3 is 2.12 bits per heavy atom. The van der Waals surface area contributed by atoms with Crippen molar-refractivity contribution in [1.82, 2.24) is 10.2 Å². The van der Waals surface area contributed by atoms with Crippen LogP contribution >= 0.6 is 0 Å². The van der Waals surface area contributed by atoms with Crippen molar-refractivity contribution in [3.8, 4) is 11.1 Å². The maximum absolute atomic E-state index is 12.5. The van der Waals surface area contributed by atoms with Crippen LogP contribution in [0.5, 0.6) is 0 Å². The normalized spacial score (nSPS) is 18.3. The van der Waals surface area contributed by atoms with E-state index >= 15 is 0 Å². The number of carbonyl (C=O) groups is 1. The van der Waals surface area contributed by atoms with Gasteiger partial charge < -0.3 is 15.3 Å². The molecular formula is C22H26N2O2. The van der Waals surface area contributed by atoms with E-state index in [-0.39, 0.29) is 0 Å². The molecule has 2 aromatic rings. The van der Waals surface area contributed by atoms with E-state index in [1.54, 1.807) is 0 Å². The van der Waals surface area contributed by atoms with Gasteiger partial charge in [0.1, 0.15) is 5.41 Å². The third-order valence-electron chi connectivity index (χ3n) is 5.91. The molecule has 1 fully saturated rings. The smallest absolute Gasteiger partial charge is 0.318 e. The van der Waals surface area contributed by atoms with Gasteiger partial charge in [-0.3, -0.25) is 4.79 Å². The molecule has 2 N–H and O–H groups in total. The molecule has 1 heterocycles. The minimum atomic E-state index is -0.906. The molecule has 2 aromatic carbocycles. The second kappa shape index (κ2) is 7.22. The molecule has 136 valence electrons. The van der Waals surface area contributed by atoms with Crippen LogP contribution in [0.1, 0.15) is 30.4 Å².